The van der Waals surface area contributed by atoms with E-state index in [1.165, 1.54) is 0 Å². The van der Waals surface area contributed by atoms with Crippen LogP contribution in [0, 0.1) is 0 Å². The van der Waals surface area contributed by atoms with E-state index in [1.807, 2.05) is 6.07 Å². The van der Waals surface area contributed by atoms with Crippen molar-refractivity contribution in [3.05, 3.63) is 30.0 Å². The smallest absolute Gasteiger partial charge is 0.407 e. The van der Waals surface area contributed by atoms with E-state index in [2.05, 4.69) is 10.3 Å². The molecular formula is C17H24N2O5. The van der Waals surface area contributed by atoms with Crippen molar-refractivity contribution in [2.75, 3.05) is 13.7 Å². The molecule has 0 saturated carbocycles. The van der Waals surface area contributed by atoms with Crippen LogP contribution in [0.2, 0.25) is 0 Å². The molecule has 7 nitrogen and oxygen atoms in total. The standard InChI is InChI=1S/C17H24N2O5/c1-17(2,3)24-16(22)19-9-14(20)15(21)12-8-18-13-6-5-10(23-4)7-11(12)13/h5-8,14-15,18,20-21H,9H2,1-4H3,(H,19,22). The Kier molecular flexibility index (Phi) is 5.36. The predicted molar refractivity (Wildman–Crippen MR) is 90.1 cm³/mol. The topological polar surface area (TPSA) is 104 Å². The molecular weight excluding hydrogens is 312 g/mol. The number of fused-ring (bicyclic) bond motifs is 1. The molecule has 2 aromatic rings. The number of benzene rings is 1. The van der Waals surface area contributed by atoms with Crippen molar-refractivity contribution in [3.8, 4) is 5.75 Å². The second-order valence-corrected chi connectivity index (χ2v) is 6.55. The molecule has 0 aliphatic heterocycles. The minimum Gasteiger partial charge on any atom is -0.497 e. The van der Waals surface area contributed by atoms with Crippen LogP contribution in [-0.4, -0.2) is 46.6 Å². The highest BCUT2D eigenvalue weighted by molar-refractivity contribution is 5.85. The van der Waals surface area contributed by atoms with E-state index in [4.69, 9.17) is 9.47 Å². The van der Waals surface area contributed by atoms with E-state index in [0.29, 0.717) is 11.3 Å². The van der Waals surface area contributed by atoms with Gasteiger partial charge in [0, 0.05) is 29.2 Å². The maximum atomic E-state index is 11.6. The zero-order valence-corrected chi connectivity index (χ0v) is 14.3. The number of aliphatic hydroxyl groups excluding tert-OH is 2. The summed E-state index contributed by atoms with van der Waals surface area (Å²) in [5.41, 5.74) is 0.723. The number of aromatic amines is 1. The number of rotatable bonds is 5. The van der Waals surface area contributed by atoms with Crippen molar-refractivity contribution in [3.63, 3.8) is 0 Å². The minimum absolute atomic E-state index is 0.132. The molecule has 24 heavy (non-hydrogen) atoms. The highest BCUT2D eigenvalue weighted by Crippen LogP contribution is 2.29. The molecule has 1 amide bonds. The second kappa shape index (κ2) is 7.11. The molecule has 2 atom stereocenters. The fourth-order valence-electron chi connectivity index (χ4n) is 2.31. The number of amides is 1. The first-order chi connectivity index (χ1) is 11.2. The lowest BCUT2D eigenvalue weighted by molar-refractivity contribution is 0.0136. The molecule has 0 spiro atoms. The molecule has 2 unspecified atom stereocenters. The number of hydrogen-bond acceptors (Lipinski definition) is 5. The first kappa shape index (κ1) is 18.1. The number of hydrogen-bond donors (Lipinski definition) is 4. The van der Waals surface area contributed by atoms with E-state index in [1.54, 1.807) is 46.2 Å². The number of methoxy groups -OCH3 is 1. The monoisotopic (exact) mass is 336 g/mol. The van der Waals surface area contributed by atoms with Gasteiger partial charge in [-0.15, -0.1) is 0 Å². The van der Waals surface area contributed by atoms with Crippen molar-refractivity contribution in [2.45, 2.75) is 38.6 Å². The Hall–Kier alpha value is -2.25. The minimum atomic E-state index is -1.18. The number of alkyl carbamates (subject to hydrolysis) is 1. The summed E-state index contributed by atoms with van der Waals surface area (Å²) in [5.74, 6) is 0.650. The number of carbonyl (C=O) groups is 1. The first-order valence-electron chi connectivity index (χ1n) is 7.69. The van der Waals surface area contributed by atoms with Gasteiger partial charge >= 0.3 is 6.09 Å². The summed E-state index contributed by atoms with van der Waals surface area (Å²) in [6.07, 6.45) is -1.36. The van der Waals surface area contributed by atoms with Gasteiger partial charge in [0.1, 0.15) is 23.6 Å². The zero-order chi connectivity index (χ0) is 17.9. The molecule has 1 heterocycles. The number of H-pyrrole nitrogens is 1. The van der Waals surface area contributed by atoms with Crippen LogP contribution < -0.4 is 10.1 Å². The molecule has 1 aromatic heterocycles. The van der Waals surface area contributed by atoms with Gasteiger partial charge in [-0.1, -0.05) is 0 Å². The largest absolute Gasteiger partial charge is 0.497 e. The van der Waals surface area contributed by atoms with Crippen LogP contribution in [-0.2, 0) is 4.74 Å². The third-order valence-corrected chi connectivity index (χ3v) is 3.46. The van der Waals surface area contributed by atoms with Gasteiger partial charge in [-0.05, 0) is 39.0 Å². The highest BCUT2D eigenvalue weighted by atomic mass is 16.6. The Morgan fingerprint density at radius 1 is 1.33 bits per heavy atom. The number of carbonyl (C=O) groups excluding carboxylic acids is 1. The molecule has 7 heteroatoms. The van der Waals surface area contributed by atoms with Crippen molar-refractivity contribution in [2.24, 2.45) is 0 Å². The molecule has 0 aliphatic rings. The number of aromatic nitrogens is 1. The third-order valence-electron chi connectivity index (χ3n) is 3.46. The van der Waals surface area contributed by atoms with Crippen LogP contribution in [0.4, 0.5) is 4.79 Å². The summed E-state index contributed by atoms with van der Waals surface area (Å²) in [6, 6.07) is 5.41. The van der Waals surface area contributed by atoms with Crippen LogP contribution in [0.15, 0.2) is 24.4 Å². The summed E-state index contributed by atoms with van der Waals surface area (Å²) < 4.78 is 10.3. The van der Waals surface area contributed by atoms with E-state index < -0.39 is 23.9 Å². The van der Waals surface area contributed by atoms with Crippen molar-refractivity contribution in [1.29, 1.82) is 0 Å². The van der Waals surface area contributed by atoms with E-state index in [9.17, 15) is 15.0 Å². The number of nitrogens with one attached hydrogen (secondary N) is 2. The molecule has 0 saturated heterocycles. The van der Waals surface area contributed by atoms with Crippen molar-refractivity contribution >= 4 is 17.0 Å². The zero-order valence-electron chi connectivity index (χ0n) is 14.3. The van der Waals surface area contributed by atoms with Gasteiger partial charge in [0.15, 0.2) is 0 Å². The number of aliphatic hydroxyl groups is 2. The maximum Gasteiger partial charge on any atom is 0.407 e. The Labute approximate surface area is 140 Å². The summed E-state index contributed by atoms with van der Waals surface area (Å²) in [4.78, 5) is 14.7. The van der Waals surface area contributed by atoms with Gasteiger partial charge in [-0.3, -0.25) is 0 Å². The Morgan fingerprint density at radius 2 is 2.04 bits per heavy atom. The normalized spacial score (nSPS) is 14.2. The lowest BCUT2D eigenvalue weighted by Crippen LogP contribution is -2.38. The predicted octanol–water partition coefficient (Wildman–Crippen LogP) is 2.10. The molecule has 2 rings (SSSR count). The number of ether oxygens (including phenoxy) is 2. The quantitative estimate of drug-likeness (QED) is 0.669. The van der Waals surface area contributed by atoms with E-state index in [0.717, 1.165) is 10.9 Å². The van der Waals surface area contributed by atoms with Gasteiger partial charge in [0.25, 0.3) is 0 Å². The molecule has 4 N–H and O–H groups in total. The van der Waals surface area contributed by atoms with Gasteiger partial charge in [-0.2, -0.15) is 0 Å². The van der Waals surface area contributed by atoms with Gasteiger partial charge in [0.05, 0.1) is 7.11 Å². The van der Waals surface area contributed by atoms with Crippen molar-refractivity contribution < 1.29 is 24.5 Å². The van der Waals surface area contributed by atoms with E-state index >= 15 is 0 Å². The fourth-order valence-corrected chi connectivity index (χ4v) is 2.31. The Balaban J connectivity index is 2.05. The second-order valence-electron chi connectivity index (χ2n) is 6.55. The average Bonchev–Trinajstić information content (AvgIpc) is 2.93. The highest BCUT2D eigenvalue weighted by Gasteiger charge is 2.23. The molecule has 0 bridgehead atoms. The van der Waals surface area contributed by atoms with Gasteiger partial charge in [-0.25, -0.2) is 4.79 Å². The molecule has 132 valence electrons. The van der Waals surface area contributed by atoms with E-state index in [-0.39, 0.29) is 6.54 Å². The molecule has 0 fully saturated rings. The lowest BCUT2D eigenvalue weighted by Gasteiger charge is -2.22. The fraction of sp³-hybridized carbons (Fsp3) is 0.471. The van der Waals surface area contributed by atoms with Gasteiger partial charge in [0.2, 0.25) is 0 Å². The van der Waals surface area contributed by atoms with Crippen LogP contribution >= 0.6 is 0 Å². The van der Waals surface area contributed by atoms with Crippen LogP contribution in [0.1, 0.15) is 32.4 Å². The summed E-state index contributed by atoms with van der Waals surface area (Å²) in [5, 5.41) is 23.7. The molecule has 1 aromatic carbocycles. The summed E-state index contributed by atoms with van der Waals surface area (Å²) in [7, 11) is 1.56. The summed E-state index contributed by atoms with van der Waals surface area (Å²) in [6.45, 7) is 5.11. The van der Waals surface area contributed by atoms with Crippen molar-refractivity contribution in [1.82, 2.24) is 10.3 Å². The Bertz CT molecular complexity index is 705. The first-order valence-corrected chi connectivity index (χ1v) is 7.69. The summed E-state index contributed by atoms with van der Waals surface area (Å²) >= 11 is 0. The lowest BCUT2D eigenvalue weighted by atomic mass is 10.0. The molecule has 0 aliphatic carbocycles. The van der Waals surface area contributed by atoms with Crippen LogP contribution in [0.25, 0.3) is 10.9 Å². The maximum absolute atomic E-state index is 11.6. The van der Waals surface area contributed by atoms with Crippen LogP contribution in [0.5, 0.6) is 5.75 Å². The Morgan fingerprint density at radius 3 is 2.67 bits per heavy atom. The SMILES string of the molecule is COc1ccc2[nH]cc(C(O)C(O)CNC(=O)OC(C)(C)C)c2c1. The third kappa shape index (κ3) is 4.39. The van der Waals surface area contributed by atoms with Crippen LogP contribution in [0.3, 0.4) is 0 Å². The average molecular weight is 336 g/mol. The molecule has 0 radical (unpaired) electrons. The van der Waals surface area contributed by atoms with Gasteiger partial charge < -0.3 is 30.0 Å².